The van der Waals surface area contributed by atoms with Crippen molar-refractivity contribution in [2.24, 2.45) is 0 Å². The van der Waals surface area contributed by atoms with E-state index in [1.165, 1.54) is 0 Å². The van der Waals surface area contributed by atoms with Crippen LogP contribution in [0.1, 0.15) is 13.8 Å². The molecule has 1 fully saturated rings. The highest BCUT2D eigenvalue weighted by molar-refractivity contribution is 6.35. The highest BCUT2D eigenvalue weighted by Gasteiger charge is 2.18. The van der Waals surface area contributed by atoms with Gasteiger partial charge >= 0.3 is 0 Å². The first-order chi connectivity index (χ1) is 13.5. The van der Waals surface area contributed by atoms with Gasteiger partial charge in [0, 0.05) is 31.2 Å². The maximum absolute atomic E-state index is 12.4. The molecule has 1 aromatic carbocycles. The number of anilines is 2. The summed E-state index contributed by atoms with van der Waals surface area (Å²) in [6.07, 6.45) is 0.946. The maximum Gasteiger partial charge on any atom is 0.265 e. The number of likely N-dealkylation sites (N-methyl/N-ethyl adjacent to an activating group) is 1. The zero-order valence-electron chi connectivity index (χ0n) is 16.0. The van der Waals surface area contributed by atoms with Crippen molar-refractivity contribution in [3.05, 3.63) is 46.6 Å². The molecule has 0 radical (unpaired) electrons. The minimum atomic E-state index is -0.722. The highest BCUT2D eigenvalue weighted by Crippen LogP contribution is 2.28. The van der Waals surface area contributed by atoms with Gasteiger partial charge in [-0.1, -0.05) is 30.1 Å². The maximum atomic E-state index is 12.4. The Labute approximate surface area is 175 Å². The minimum absolute atomic E-state index is 0.280. The van der Waals surface area contributed by atoms with Crippen LogP contribution in [0.5, 0.6) is 5.75 Å². The van der Waals surface area contributed by atoms with Crippen LogP contribution in [0, 0.1) is 0 Å². The standard InChI is InChI=1S/C20H24Cl2N4O2/c1-3-25-8-10-26(11-9-25)19-7-5-16(13-23-19)24-20(27)14(2)28-18-6-4-15(21)12-17(18)22/h4-7,12-14H,3,8-11H2,1-2H3,(H,24,27). The molecule has 8 heteroatoms. The summed E-state index contributed by atoms with van der Waals surface area (Å²) in [6, 6.07) is 8.67. The molecule has 2 aromatic rings. The van der Waals surface area contributed by atoms with Crippen LogP contribution in [0.4, 0.5) is 11.5 Å². The van der Waals surface area contributed by atoms with Crippen LogP contribution in [0.15, 0.2) is 36.5 Å². The molecule has 150 valence electrons. The quantitative estimate of drug-likeness (QED) is 0.763. The summed E-state index contributed by atoms with van der Waals surface area (Å²) in [5.74, 6) is 1.05. The molecule has 1 N–H and O–H groups in total. The molecule has 1 atom stereocenters. The molecule has 0 saturated carbocycles. The predicted octanol–water partition coefficient (Wildman–Crippen LogP) is 3.94. The summed E-state index contributed by atoms with van der Waals surface area (Å²) in [5, 5.41) is 3.69. The van der Waals surface area contributed by atoms with E-state index in [2.05, 4.69) is 27.0 Å². The Morgan fingerprint density at radius 3 is 2.57 bits per heavy atom. The smallest absolute Gasteiger partial charge is 0.265 e. The van der Waals surface area contributed by atoms with Crippen molar-refractivity contribution >= 4 is 40.6 Å². The average Bonchev–Trinajstić information content (AvgIpc) is 2.70. The monoisotopic (exact) mass is 422 g/mol. The fourth-order valence-electron chi connectivity index (χ4n) is 3.00. The number of nitrogens with zero attached hydrogens (tertiary/aromatic N) is 3. The third kappa shape index (κ3) is 5.28. The van der Waals surface area contributed by atoms with Crippen molar-refractivity contribution in [1.82, 2.24) is 9.88 Å². The van der Waals surface area contributed by atoms with E-state index in [0.29, 0.717) is 21.5 Å². The molecule has 1 aliphatic rings. The number of ether oxygens (including phenoxy) is 1. The number of rotatable bonds is 6. The lowest BCUT2D eigenvalue weighted by molar-refractivity contribution is -0.122. The van der Waals surface area contributed by atoms with Crippen LogP contribution in [-0.4, -0.2) is 54.6 Å². The summed E-state index contributed by atoms with van der Waals surface area (Å²) >= 11 is 12.0. The number of carbonyl (C=O) groups excluding carboxylic acids is 1. The first kappa shape index (κ1) is 20.7. The van der Waals surface area contributed by atoms with Crippen molar-refractivity contribution in [2.75, 3.05) is 42.9 Å². The van der Waals surface area contributed by atoms with Crippen molar-refractivity contribution < 1.29 is 9.53 Å². The second-order valence-corrected chi connectivity index (χ2v) is 7.49. The molecule has 1 aliphatic heterocycles. The molecule has 2 heterocycles. The third-order valence-corrected chi connectivity index (χ3v) is 5.26. The topological polar surface area (TPSA) is 57.7 Å². The molecule has 0 spiro atoms. The van der Waals surface area contributed by atoms with Gasteiger partial charge in [-0.25, -0.2) is 4.98 Å². The summed E-state index contributed by atoms with van der Waals surface area (Å²) in [5.41, 5.74) is 0.624. The molecule has 0 bridgehead atoms. The van der Waals surface area contributed by atoms with Gasteiger partial charge in [-0.15, -0.1) is 0 Å². The Balaban J connectivity index is 1.55. The number of carbonyl (C=O) groups is 1. The first-order valence-electron chi connectivity index (χ1n) is 9.32. The van der Waals surface area contributed by atoms with Gasteiger partial charge in [0.05, 0.1) is 16.9 Å². The molecule has 1 aromatic heterocycles. The molecular weight excluding hydrogens is 399 g/mol. The highest BCUT2D eigenvalue weighted by atomic mass is 35.5. The van der Waals surface area contributed by atoms with Crippen LogP contribution in [0.2, 0.25) is 10.0 Å². The van der Waals surface area contributed by atoms with Crippen LogP contribution in [-0.2, 0) is 4.79 Å². The molecule has 1 saturated heterocycles. The van der Waals surface area contributed by atoms with Crippen LogP contribution >= 0.6 is 23.2 Å². The van der Waals surface area contributed by atoms with E-state index < -0.39 is 6.10 Å². The second-order valence-electron chi connectivity index (χ2n) is 6.65. The van der Waals surface area contributed by atoms with Gasteiger partial charge in [-0.05, 0) is 43.8 Å². The Hall–Kier alpha value is -2.02. The van der Waals surface area contributed by atoms with Crippen molar-refractivity contribution in [1.29, 1.82) is 0 Å². The lowest BCUT2D eigenvalue weighted by Gasteiger charge is -2.34. The molecule has 1 amide bonds. The number of benzene rings is 1. The van der Waals surface area contributed by atoms with E-state index in [4.69, 9.17) is 27.9 Å². The third-order valence-electron chi connectivity index (χ3n) is 4.73. The van der Waals surface area contributed by atoms with Gasteiger partial charge in [-0.2, -0.15) is 0 Å². The van der Waals surface area contributed by atoms with Gasteiger partial charge in [0.2, 0.25) is 0 Å². The first-order valence-corrected chi connectivity index (χ1v) is 10.1. The summed E-state index contributed by atoms with van der Waals surface area (Å²) in [7, 11) is 0. The number of hydrogen-bond acceptors (Lipinski definition) is 5. The zero-order chi connectivity index (χ0) is 20.1. The minimum Gasteiger partial charge on any atom is -0.479 e. The van der Waals surface area contributed by atoms with E-state index in [9.17, 15) is 4.79 Å². The predicted molar refractivity (Wildman–Crippen MR) is 114 cm³/mol. The molecular formula is C20H24Cl2N4O2. The fourth-order valence-corrected chi connectivity index (χ4v) is 3.45. The number of nitrogens with one attached hydrogen (secondary N) is 1. The zero-order valence-corrected chi connectivity index (χ0v) is 17.5. The molecule has 1 unspecified atom stereocenters. The number of aromatic nitrogens is 1. The molecule has 0 aliphatic carbocycles. The molecule has 6 nitrogen and oxygen atoms in total. The molecule has 3 rings (SSSR count). The lowest BCUT2D eigenvalue weighted by Crippen LogP contribution is -2.46. The van der Waals surface area contributed by atoms with Crippen molar-refractivity contribution in [3.63, 3.8) is 0 Å². The normalized spacial score (nSPS) is 15.9. The molecule has 28 heavy (non-hydrogen) atoms. The Bertz CT molecular complexity index is 808. The Morgan fingerprint density at radius 1 is 1.21 bits per heavy atom. The van der Waals surface area contributed by atoms with Gasteiger partial charge in [0.25, 0.3) is 5.91 Å². The van der Waals surface area contributed by atoms with Crippen molar-refractivity contribution in [2.45, 2.75) is 20.0 Å². The second kappa shape index (κ2) is 9.45. The van der Waals surface area contributed by atoms with Gasteiger partial charge in [0.15, 0.2) is 6.10 Å². The van der Waals surface area contributed by atoms with E-state index in [0.717, 1.165) is 38.5 Å². The average molecular weight is 423 g/mol. The number of halogens is 2. The van der Waals surface area contributed by atoms with E-state index in [1.807, 2.05) is 12.1 Å². The van der Waals surface area contributed by atoms with Crippen LogP contribution < -0.4 is 15.0 Å². The number of amides is 1. The van der Waals surface area contributed by atoms with E-state index in [1.54, 1.807) is 31.3 Å². The van der Waals surface area contributed by atoms with Gasteiger partial charge < -0.3 is 19.9 Å². The van der Waals surface area contributed by atoms with Crippen molar-refractivity contribution in [3.8, 4) is 5.75 Å². The Kier molecular flexibility index (Phi) is 6.99. The van der Waals surface area contributed by atoms with Crippen LogP contribution in [0.25, 0.3) is 0 Å². The van der Waals surface area contributed by atoms with E-state index in [-0.39, 0.29) is 5.91 Å². The van der Waals surface area contributed by atoms with Crippen LogP contribution in [0.3, 0.4) is 0 Å². The summed E-state index contributed by atoms with van der Waals surface area (Å²) in [4.78, 5) is 21.6. The van der Waals surface area contributed by atoms with E-state index >= 15 is 0 Å². The SMILES string of the molecule is CCN1CCN(c2ccc(NC(=O)C(C)Oc3ccc(Cl)cc3Cl)cn2)CC1. The van der Waals surface area contributed by atoms with Gasteiger partial charge in [-0.3, -0.25) is 4.79 Å². The number of hydrogen-bond donors (Lipinski definition) is 1. The van der Waals surface area contributed by atoms with Gasteiger partial charge in [0.1, 0.15) is 11.6 Å². The summed E-state index contributed by atoms with van der Waals surface area (Å²) < 4.78 is 5.64. The Morgan fingerprint density at radius 2 is 1.96 bits per heavy atom. The largest absolute Gasteiger partial charge is 0.479 e. The number of piperazine rings is 1. The fraction of sp³-hybridized carbons (Fsp3) is 0.400. The summed E-state index contributed by atoms with van der Waals surface area (Å²) in [6.45, 7) is 8.91. The number of pyridine rings is 1. The lowest BCUT2D eigenvalue weighted by atomic mass is 10.3.